The van der Waals surface area contributed by atoms with Crippen LogP contribution in [0.5, 0.6) is 0 Å². The molecule has 5 aliphatic rings. The lowest BCUT2D eigenvalue weighted by atomic mass is 9.45. The Morgan fingerprint density at radius 3 is 2.66 bits per heavy atom. The summed E-state index contributed by atoms with van der Waals surface area (Å²) in [7, 11) is 0. The summed E-state index contributed by atoms with van der Waals surface area (Å²) < 4.78 is 0. The predicted molar refractivity (Wildman–Crippen MR) is 120 cm³/mol. The van der Waals surface area contributed by atoms with E-state index in [2.05, 4.69) is 12.1 Å². The molecule has 6 nitrogen and oxygen atoms in total. The quantitative estimate of drug-likeness (QED) is 0.646. The van der Waals surface area contributed by atoms with E-state index in [1.165, 1.54) is 5.57 Å². The summed E-state index contributed by atoms with van der Waals surface area (Å²) >= 11 is 0. The van der Waals surface area contributed by atoms with Gasteiger partial charge in [-0.1, -0.05) is 24.6 Å². The third-order valence-electron chi connectivity index (χ3n) is 10.1. The summed E-state index contributed by atoms with van der Waals surface area (Å²) in [5, 5.41) is 27.3. The lowest BCUT2D eigenvalue weighted by Crippen LogP contribution is -2.62. The molecule has 176 valence electrons. The molecule has 0 aromatic heterocycles. The van der Waals surface area contributed by atoms with Crippen molar-refractivity contribution in [2.24, 2.45) is 33.7 Å². The number of Topliss-reactive ketones (excluding diaryl/α,β-unsaturated/α-hetero) is 1. The van der Waals surface area contributed by atoms with Gasteiger partial charge in [0.25, 0.3) is 0 Å². The molecule has 0 aromatic rings. The van der Waals surface area contributed by atoms with Crippen LogP contribution in [0.2, 0.25) is 0 Å². The summed E-state index contributed by atoms with van der Waals surface area (Å²) in [5.41, 5.74) is -0.124. The molecule has 6 heteroatoms. The summed E-state index contributed by atoms with van der Waals surface area (Å²) in [6.07, 6.45) is 10.0. The van der Waals surface area contributed by atoms with Crippen molar-refractivity contribution in [1.82, 2.24) is 0 Å². The fraction of sp³-hybridized carbons (Fsp3) is 0.808. The number of hydrogen-bond donors (Lipinski definition) is 2. The highest BCUT2D eigenvalue weighted by atomic mass is 16.6. The first-order chi connectivity index (χ1) is 15.2. The van der Waals surface area contributed by atoms with Crippen LogP contribution in [0.3, 0.4) is 0 Å². The van der Waals surface area contributed by atoms with Crippen LogP contribution < -0.4 is 0 Å². The minimum absolute atomic E-state index is 0.0798. The average Bonchev–Trinajstić information content (AvgIpc) is 3.35. The summed E-state index contributed by atoms with van der Waals surface area (Å²) in [4.78, 5) is 30.6. The maximum atomic E-state index is 13.2. The number of carbonyl (C=O) groups excluding carboxylic acids is 2. The summed E-state index contributed by atoms with van der Waals surface area (Å²) in [6.45, 7) is 4.01. The van der Waals surface area contributed by atoms with Crippen LogP contribution in [-0.2, 0) is 14.4 Å². The van der Waals surface area contributed by atoms with Crippen LogP contribution in [0, 0.1) is 28.6 Å². The van der Waals surface area contributed by atoms with Gasteiger partial charge in [0.15, 0.2) is 12.4 Å². The number of oxime groups is 1. The molecule has 4 fully saturated rings. The number of allylic oxidation sites excluding steroid dienone is 1. The van der Waals surface area contributed by atoms with Gasteiger partial charge in [0, 0.05) is 11.8 Å². The van der Waals surface area contributed by atoms with E-state index in [1.54, 1.807) is 0 Å². The Morgan fingerprint density at radius 1 is 1.16 bits per heavy atom. The molecule has 5 rings (SSSR count). The average molecular weight is 444 g/mol. The second-order valence-electron chi connectivity index (χ2n) is 11.5. The molecule has 5 aliphatic carbocycles. The maximum Gasteiger partial charge on any atom is 0.204 e. The molecule has 0 heterocycles. The maximum absolute atomic E-state index is 13.2. The number of fused-ring (bicyclic) bond motifs is 5. The molecule has 0 amide bonds. The fourth-order valence-electron chi connectivity index (χ4n) is 8.33. The largest absolute Gasteiger partial charge is 0.393 e. The van der Waals surface area contributed by atoms with Gasteiger partial charge >= 0.3 is 0 Å². The number of aliphatic hydroxyl groups excluding tert-OH is 1. The monoisotopic (exact) mass is 443 g/mol. The topological polar surface area (TPSA) is 96.2 Å². The number of aliphatic hydroxyl groups is 2. The smallest absolute Gasteiger partial charge is 0.204 e. The second-order valence-corrected chi connectivity index (χ2v) is 11.5. The van der Waals surface area contributed by atoms with Crippen molar-refractivity contribution in [2.45, 2.75) is 96.2 Å². The molecule has 0 bridgehead atoms. The highest BCUT2D eigenvalue weighted by Gasteiger charge is 2.68. The van der Waals surface area contributed by atoms with E-state index in [4.69, 9.17) is 4.84 Å². The van der Waals surface area contributed by atoms with Crippen molar-refractivity contribution in [3.8, 4) is 0 Å². The Morgan fingerprint density at radius 2 is 1.91 bits per heavy atom. The van der Waals surface area contributed by atoms with Gasteiger partial charge in [-0.3, -0.25) is 9.59 Å². The molecule has 0 aliphatic heterocycles. The van der Waals surface area contributed by atoms with Crippen LogP contribution in [0.1, 0.15) is 84.5 Å². The van der Waals surface area contributed by atoms with Crippen molar-refractivity contribution in [3.63, 3.8) is 0 Å². The van der Waals surface area contributed by atoms with Gasteiger partial charge in [0.1, 0.15) is 5.60 Å². The predicted octanol–water partition coefficient (Wildman–Crippen LogP) is 3.74. The van der Waals surface area contributed by atoms with Gasteiger partial charge in [-0.05, 0) is 93.5 Å². The van der Waals surface area contributed by atoms with E-state index in [-0.39, 0.29) is 41.3 Å². The minimum Gasteiger partial charge on any atom is -0.393 e. The van der Waals surface area contributed by atoms with E-state index >= 15 is 0 Å². The van der Waals surface area contributed by atoms with Crippen LogP contribution in [-0.4, -0.2) is 45.8 Å². The van der Waals surface area contributed by atoms with Gasteiger partial charge < -0.3 is 15.1 Å². The highest BCUT2D eigenvalue weighted by molar-refractivity contribution is 5.92. The standard InChI is InChI=1S/C26H37NO5/c1-24-11-9-18(28)13-16(24)7-8-19-20-10-12-26(31,25(20,2)14-21(29)23(19)24)22(30)15-32-27-17-5-3-4-6-17/h13,19-21,23,29,31H,3-12,14-15H2,1-2H3/t19?,20?,21?,23?,24?,25?,26-/m0/s1. The zero-order chi connectivity index (χ0) is 22.7. The fourth-order valence-corrected chi connectivity index (χ4v) is 8.33. The normalized spacial score (nSPS) is 45.6. The molecule has 32 heavy (non-hydrogen) atoms. The van der Waals surface area contributed by atoms with Crippen LogP contribution in [0.25, 0.3) is 0 Å². The van der Waals surface area contributed by atoms with Crippen LogP contribution in [0.15, 0.2) is 16.8 Å². The van der Waals surface area contributed by atoms with E-state index in [9.17, 15) is 19.8 Å². The first kappa shape index (κ1) is 22.3. The number of nitrogens with zero attached hydrogens (tertiary/aromatic N) is 1. The Hall–Kier alpha value is -1.53. The molecule has 2 N–H and O–H groups in total. The van der Waals surface area contributed by atoms with E-state index in [0.29, 0.717) is 19.3 Å². The third-order valence-corrected chi connectivity index (χ3v) is 10.1. The summed E-state index contributed by atoms with van der Waals surface area (Å²) in [6, 6.07) is 0. The zero-order valence-electron chi connectivity index (χ0n) is 19.4. The van der Waals surface area contributed by atoms with Crippen molar-refractivity contribution >= 4 is 17.3 Å². The van der Waals surface area contributed by atoms with Gasteiger partial charge in [-0.15, -0.1) is 0 Å². The third kappa shape index (κ3) is 3.16. The molecule has 6 unspecified atom stereocenters. The van der Waals surface area contributed by atoms with Gasteiger partial charge in [0.05, 0.1) is 11.8 Å². The molecule has 0 radical (unpaired) electrons. The second kappa shape index (κ2) is 7.76. The van der Waals surface area contributed by atoms with Crippen molar-refractivity contribution in [1.29, 1.82) is 0 Å². The van der Waals surface area contributed by atoms with Crippen molar-refractivity contribution < 1.29 is 24.6 Å². The molecular weight excluding hydrogens is 406 g/mol. The van der Waals surface area contributed by atoms with Gasteiger partial charge in [0.2, 0.25) is 5.78 Å². The SMILES string of the molecule is CC12CCC(=O)C=C1CCC1C2C(O)CC2(C)C1CC[C@]2(O)C(=O)CON=C1CCCC1. The molecule has 0 saturated heterocycles. The minimum atomic E-state index is -1.49. The van der Waals surface area contributed by atoms with Crippen molar-refractivity contribution in [2.75, 3.05) is 6.61 Å². The Bertz CT molecular complexity index is 871. The first-order valence-corrected chi connectivity index (χ1v) is 12.5. The van der Waals surface area contributed by atoms with Crippen molar-refractivity contribution in [3.05, 3.63) is 11.6 Å². The number of ketones is 2. The highest BCUT2D eigenvalue weighted by Crippen LogP contribution is 2.67. The van der Waals surface area contributed by atoms with Crippen LogP contribution >= 0.6 is 0 Å². The Kier molecular flexibility index (Phi) is 5.40. The lowest BCUT2D eigenvalue weighted by molar-refractivity contribution is -0.183. The zero-order valence-corrected chi connectivity index (χ0v) is 19.4. The molecule has 0 spiro atoms. The lowest BCUT2D eigenvalue weighted by Gasteiger charge is -2.60. The van der Waals surface area contributed by atoms with Crippen LogP contribution in [0.4, 0.5) is 0 Å². The van der Waals surface area contributed by atoms with Gasteiger partial charge in [-0.2, -0.15) is 0 Å². The van der Waals surface area contributed by atoms with E-state index < -0.39 is 17.1 Å². The number of carbonyl (C=O) groups is 2. The molecule has 0 aromatic carbocycles. The number of hydrogen-bond acceptors (Lipinski definition) is 6. The molecule has 4 saturated carbocycles. The summed E-state index contributed by atoms with van der Waals surface area (Å²) in [5.74, 6) is 0.410. The molecular formula is C26H37NO5. The Labute approximate surface area is 190 Å². The molecule has 7 atom stereocenters. The van der Waals surface area contributed by atoms with E-state index in [0.717, 1.165) is 57.1 Å². The van der Waals surface area contributed by atoms with E-state index in [1.807, 2.05) is 13.0 Å². The first-order valence-electron chi connectivity index (χ1n) is 12.5. The van der Waals surface area contributed by atoms with Gasteiger partial charge in [-0.25, -0.2) is 0 Å². The number of rotatable bonds is 4. The Balaban J connectivity index is 1.37.